The summed E-state index contributed by atoms with van der Waals surface area (Å²) in [5.74, 6) is -1.36. The van der Waals surface area contributed by atoms with Gasteiger partial charge in [-0.05, 0) is 30.7 Å². The zero-order valence-electron chi connectivity index (χ0n) is 12.1. The molecule has 0 aliphatic rings. The summed E-state index contributed by atoms with van der Waals surface area (Å²) in [4.78, 5) is 23.3. The number of ether oxygens (including phenoxy) is 1. The molecule has 23 heavy (non-hydrogen) atoms. The summed E-state index contributed by atoms with van der Waals surface area (Å²) in [5.41, 5.74) is -3.00. The third kappa shape index (κ3) is 3.05. The molecule has 5 nitrogen and oxygen atoms in total. The number of hydrogen-bond acceptors (Lipinski definition) is 3. The van der Waals surface area contributed by atoms with Crippen LogP contribution in [0.4, 0.5) is 13.2 Å². The first-order valence-electron chi connectivity index (χ1n) is 6.38. The van der Waals surface area contributed by atoms with Gasteiger partial charge >= 0.3 is 12.1 Å². The average molecular weight is 327 g/mol. The first-order valence-corrected chi connectivity index (χ1v) is 6.38. The second-order valence-corrected chi connectivity index (χ2v) is 4.73. The van der Waals surface area contributed by atoms with Gasteiger partial charge < -0.3 is 9.84 Å². The number of aromatic carboxylic acids is 1. The number of hydrogen-bond donors (Lipinski definition) is 1. The fraction of sp³-hybridized carbons (Fsp3) is 0.200. The Bertz CT molecular complexity index is 824. The molecule has 0 saturated carbocycles. The summed E-state index contributed by atoms with van der Waals surface area (Å²) in [7, 11) is 1.33. The molecule has 8 heteroatoms. The van der Waals surface area contributed by atoms with Crippen molar-refractivity contribution in [3.8, 4) is 11.4 Å². The van der Waals surface area contributed by atoms with Crippen molar-refractivity contribution in [2.45, 2.75) is 13.1 Å². The predicted octanol–water partition coefficient (Wildman–Crippen LogP) is 2.87. The molecule has 2 aromatic rings. The van der Waals surface area contributed by atoms with E-state index in [1.165, 1.54) is 32.2 Å². The minimum atomic E-state index is -4.83. The highest BCUT2D eigenvalue weighted by molar-refractivity contribution is 5.87. The molecule has 0 unspecified atom stereocenters. The molecule has 0 atom stereocenters. The highest BCUT2D eigenvalue weighted by atomic mass is 19.4. The number of methoxy groups -OCH3 is 1. The number of aromatic nitrogens is 1. The van der Waals surface area contributed by atoms with Crippen LogP contribution < -0.4 is 10.3 Å². The van der Waals surface area contributed by atoms with E-state index < -0.39 is 29.0 Å². The van der Waals surface area contributed by atoms with Crippen LogP contribution in [0.1, 0.15) is 21.6 Å². The fourth-order valence-electron chi connectivity index (χ4n) is 2.12. The number of carbonyl (C=O) groups is 1. The maximum Gasteiger partial charge on any atom is 0.431 e. The lowest BCUT2D eigenvalue weighted by molar-refractivity contribution is -0.142. The fourth-order valence-corrected chi connectivity index (χ4v) is 2.12. The quantitative estimate of drug-likeness (QED) is 0.941. The molecule has 122 valence electrons. The normalized spacial score (nSPS) is 11.3. The number of carboxylic acid groups (broad SMARTS) is 1. The number of carboxylic acids is 1. The van der Waals surface area contributed by atoms with Crippen LogP contribution in [0.25, 0.3) is 5.69 Å². The molecule has 0 bridgehead atoms. The molecule has 1 aromatic carbocycles. The summed E-state index contributed by atoms with van der Waals surface area (Å²) >= 11 is 0. The molecule has 0 fully saturated rings. The van der Waals surface area contributed by atoms with E-state index in [1.807, 2.05) is 0 Å². The minimum Gasteiger partial charge on any atom is -0.497 e. The molecule has 0 aliphatic carbocycles. The lowest BCUT2D eigenvalue weighted by atomic mass is 10.1. The third-order valence-corrected chi connectivity index (χ3v) is 3.26. The summed E-state index contributed by atoms with van der Waals surface area (Å²) in [6.07, 6.45) is -4.83. The Morgan fingerprint density at radius 2 is 1.87 bits per heavy atom. The Morgan fingerprint density at radius 3 is 2.39 bits per heavy atom. The van der Waals surface area contributed by atoms with Crippen LogP contribution in [-0.2, 0) is 6.18 Å². The molecular weight excluding hydrogens is 315 g/mol. The van der Waals surface area contributed by atoms with Gasteiger partial charge in [0.1, 0.15) is 17.0 Å². The van der Waals surface area contributed by atoms with E-state index >= 15 is 0 Å². The second kappa shape index (κ2) is 5.79. The smallest absolute Gasteiger partial charge is 0.431 e. The van der Waals surface area contributed by atoms with Gasteiger partial charge in [0.15, 0.2) is 0 Å². The van der Waals surface area contributed by atoms with Crippen molar-refractivity contribution in [3.63, 3.8) is 0 Å². The SMILES string of the molecule is COc1ccc(C)c(-n2c(C(F)(F)F)ccc(C(=O)O)c2=O)c1. The van der Waals surface area contributed by atoms with Gasteiger partial charge in [-0.25, -0.2) is 4.79 Å². The molecule has 0 aliphatic heterocycles. The van der Waals surface area contributed by atoms with E-state index in [9.17, 15) is 22.8 Å². The maximum atomic E-state index is 13.2. The number of pyridine rings is 1. The predicted molar refractivity (Wildman–Crippen MR) is 75.3 cm³/mol. The molecule has 1 heterocycles. The Hall–Kier alpha value is -2.77. The van der Waals surface area contributed by atoms with Crippen molar-refractivity contribution < 1.29 is 27.8 Å². The van der Waals surface area contributed by atoms with Gasteiger partial charge in [-0.3, -0.25) is 9.36 Å². The van der Waals surface area contributed by atoms with Crippen molar-refractivity contribution in [2.24, 2.45) is 0 Å². The molecule has 1 aromatic heterocycles. The van der Waals surface area contributed by atoms with Gasteiger partial charge in [0.25, 0.3) is 5.56 Å². The molecule has 0 amide bonds. The van der Waals surface area contributed by atoms with Crippen LogP contribution in [0.5, 0.6) is 5.75 Å². The van der Waals surface area contributed by atoms with Crippen LogP contribution in [0.3, 0.4) is 0 Å². The molecular formula is C15H12F3NO4. The zero-order valence-corrected chi connectivity index (χ0v) is 12.1. The molecule has 0 radical (unpaired) electrons. The number of rotatable bonds is 3. The van der Waals surface area contributed by atoms with E-state index in [1.54, 1.807) is 0 Å². The van der Waals surface area contributed by atoms with Crippen molar-refractivity contribution in [1.29, 1.82) is 0 Å². The number of benzene rings is 1. The van der Waals surface area contributed by atoms with Gasteiger partial charge in [0.2, 0.25) is 0 Å². The van der Waals surface area contributed by atoms with Gasteiger partial charge in [-0.2, -0.15) is 13.2 Å². The monoisotopic (exact) mass is 327 g/mol. The highest BCUT2D eigenvalue weighted by Crippen LogP contribution is 2.31. The third-order valence-electron chi connectivity index (χ3n) is 3.26. The Morgan fingerprint density at radius 1 is 1.22 bits per heavy atom. The highest BCUT2D eigenvalue weighted by Gasteiger charge is 2.36. The number of alkyl halides is 3. The largest absolute Gasteiger partial charge is 0.497 e. The topological polar surface area (TPSA) is 68.5 Å². The first kappa shape index (κ1) is 16.6. The molecule has 0 saturated heterocycles. The number of nitrogens with zero attached hydrogens (tertiary/aromatic N) is 1. The summed E-state index contributed by atoms with van der Waals surface area (Å²) in [6, 6.07) is 5.48. The van der Waals surface area contributed by atoms with Crippen LogP contribution in [0, 0.1) is 6.92 Å². The number of halogens is 3. The first-order chi connectivity index (χ1) is 10.7. The van der Waals surface area contributed by atoms with E-state index in [2.05, 4.69) is 0 Å². The van der Waals surface area contributed by atoms with E-state index in [4.69, 9.17) is 9.84 Å². The van der Waals surface area contributed by atoms with Gasteiger partial charge in [-0.1, -0.05) is 6.07 Å². The van der Waals surface area contributed by atoms with Gasteiger partial charge in [-0.15, -0.1) is 0 Å². The molecule has 2 rings (SSSR count). The van der Waals surface area contributed by atoms with Crippen LogP contribution in [0.2, 0.25) is 0 Å². The number of aryl methyl sites for hydroxylation is 1. The summed E-state index contributed by atoms with van der Waals surface area (Å²) in [5, 5.41) is 8.98. The molecule has 0 spiro atoms. The average Bonchev–Trinajstić information content (AvgIpc) is 2.46. The van der Waals surface area contributed by atoms with Crippen LogP contribution in [-0.4, -0.2) is 22.8 Å². The van der Waals surface area contributed by atoms with Crippen molar-refractivity contribution in [1.82, 2.24) is 4.57 Å². The van der Waals surface area contributed by atoms with Crippen LogP contribution in [0.15, 0.2) is 35.1 Å². The van der Waals surface area contributed by atoms with E-state index in [-0.39, 0.29) is 11.4 Å². The van der Waals surface area contributed by atoms with Gasteiger partial charge in [0, 0.05) is 6.07 Å². The lowest BCUT2D eigenvalue weighted by Gasteiger charge is -2.18. The Labute approximate surface area is 128 Å². The zero-order chi connectivity index (χ0) is 17.4. The second-order valence-electron chi connectivity index (χ2n) is 4.73. The Balaban J connectivity index is 2.91. The minimum absolute atomic E-state index is 0.0928. The molecule has 1 N–H and O–H groups in total. The van der Waals surface area contributed by atoms with Crippen LogP contribution >= 0.6 is 0 Å². The summed E-state index contributed by atoms with van der Waals surface area (Å²) < 4.78 is 45.0. The van der Waals surface area contributed by atoms with E-state index in [0.717, 1.165) is 0 Å². The van der Waals surface area contributed by atoms with Crippen molar-refractivity contribution in [2.75, 3.05) is 7.11 Å². The van der Waals surface area contributed by atoms with Gasteiger partial charge in [0.05, 0.1) is 12.8 Å². The van der Waals surface area contributed by atoms with E-state index in [0.29, 0.717) is 22.3 Å². The van der Waals surface area contributed by atoms with Crippen molar-refractivity contribution >= 4 is 5.97 Å². The summed E-state index contributed by atoms with van der Waals surface area (Å²) in [6.45, 7) is 1.51. The standard InChI is InChI=1S/C15H12F3NO4/c1-8-3-4-9(23-2)7-11(8)19-12(15(16,17)18)6-5-10(13(19)20)14(21)22/h3-7H,1-2H3,(H,21,22). The van der Waals surface area contributed by atoms with Crippen molar-refractivity contribution in [3.05, 3.63) is 57.5 Å². The maximum absolute atomic E-state index is 13.2. The Kier molecular flexibility index (Phi) is 4.18. The lowest BCUT2D eigenvalue weighted by Crippen LogP contribution is -2.31.